The van der Waals surface area contributed by atoms with Gasteiger partial charge in [0, 0.05) is 11.5 Å². The molecule has 0 aliphatic rings. The van der Waals surface area contributed by atoms with E-state index in [2.05, 4.69) is 43.3 Å². The lowest BCUT2D eigenvalue weighted by Crippen LogP contribution is -2.22. The summed E-state index contributed by atoms with van der Waals surface area (Å²) >= 11 is 0. The monoisotopic (exact) mass is 428 g/mol. The van der Waals surface area contributed by atoms with E-state index in [0.717, 1.165) is 27.7 Å². The van der Waals surface area contributed by atoms with Crippen LogP contribution in [0.15, 0.2) is 54.6 Å². The number of anilines is 1. The van der Waals surface area contributed by atoms with E-state index in [4.69, 9.17) is 9.72 Å². The standard InChI is InChI=1S/C26H28N4O2/c1-16(2)20-9-7-10-21(14-20)32-15-25(31)27-24-13-19(5)29-30(24)23-12-18(4)22-11-6-8-17(3)26(22)28-23/h6-14,16H,15H2,1-5H3,(H,27,31). The minimum Gasteiger partial charge on any atom is -0.484 e. The normalized spacial score (nSPS) is 11.2. The Morgan fingerprint density at radius 2 is 1.81 bits per heavy atom. The van der Waals surface area contributed by atoms with Crippen LogP contribution in [0, 0.1) is 20.8 Å². The lowest BCUT2D eigenvalue weighted by molar-refractivity contribution is -0.118. The molecule has 1 amide bonds. The second-order valence-corrected chi connectivity index (χ2v) is 8.42. The van der Waals surface area contributed by atoms with Crippen molar-refractivity contribution >= 4 is 22.6 Å². The van der Waals surface area contributed by atoms with Crippen LogP contribution in [-0.4, -0.2) is 27.3 Å². The molecule has 0 bridgehead atoms. The number of aromatic nitrogens is 3. The smallest absolute Gasteiger partial charge is 0.263 e. The van der Waals surface area contributed by atoms with Gasteiger partial charge in [-0.2, -0.15) is 9.78 Å². The Hall–Kier alpha value is -3.67. The third-order valence-corrected chi connectivity index (χ3v) is 5.45. The van der Waals surface area contributed by atoms with Gasteiger partial charge in [0.15, 0.2) is 12.4 Å². The minimum atomic E-state index is -0.255. The van der Waals surface area contributed by atoms with Crippen molar-refractivity contribution in [2.45, 2.75) is 40.5 Å². The number of carbonyl (C=O) groups is 1. The molecule has 0 saturated heterocycles. The topological polar surface area (TPSA) is 69.0 Å². The van der Waals surface area contributed by atoms with Gasteiger partial charge < -0.3 is 10.1 Å². The van der Waals surface area contributed by atoms with Gasteiger partial charge >= 0.3 is 0 Å². The number of hydrogen-bond acceptors (Lipinski definition) is 4. The molecule has 32 heavy (non-hydrogen) atoms. The number of hydrogen-bond donors (Lipinski definition) is 1. The fourth-order valence-corrected chi connectivity index (χ4v) is 3.71. The van der Waals surface area contributed by atoms with E-state index >= 15 is 0 Å². The van der Waals surface area contributed by atoms with Crippen molar-refractivity contribution in [3.63, 3.8) is 0 Å². The maximum absolute atomic E-state index is 12.6. The number of aryl methyl sites for hydroxylation is 3. The van der Waals surface area contributed by atoms with E-state index in [1.54, 1.807) is 4.68 Å². The van der Waals surface area contributed by atoms with Gasteiger partial charge in [0.2, 0.25) is 0 Å². The first-order valence-corrected chi connectivity index (χ1v) is 10.8. The zero-order valence-corrected chi connectivity index (χ0v) is 19.1. The van der Waals surface area contributed by atoms with Crippen molar-refractivity contribution in [2.24, 2.45) is 0 Å². The highest BCUT2D eigenvalue weighted by atomic mass is 16.5. The van der Waals surface area contributed by atoms with Gasteiger partial charge in [-0.1, -0.05) is 44.2 Å². The predicted octanol–water partition coefficient (Wildman–Crippen LogP) is 5.49. The number of carbonyl (C=O) groups excluding carboxylic acids is 1. The molecule has 164 valence electrons. The number of para-hydroxylation sites is 1. The molecule has 0 atom stereocenters. The summed E-state index contributed by atoms with van der Waals surface area (Å²) in [6, 6.07) is 17.8. The number of amides is 1. The molecule has 0 aliphatic heterocycles. The Bertz CT molecular complexity index is 1290. The van der Waals surface area contributed by atoms with Crippen molar-refractivity contribution in [1.29, 1.82) is 0 Å². The lowest BCUT2D eigenvalue weighted by Gasteiger charge is -2.12. The van der Waals surface area contributed by atoms with Gasteiger partial charge in [-0.15, -0.1) is 0 Å². The van der Waals surface area contributed by atoms with Gasteiger partial charge in [-0.05, 0) is 61.6 Å². The summed E-state index contributed by atoms with van der Waals surface area (Å²) in [6.45, 7) is 10.1. The quantitative estimate of drug-likeness (QED) is 0.441. The van der Waals surface area contributed by atoms with Crippen LogP contribution in [0.5, 0.6) is 5.75 Å². The molecule has 0 aliphatic carbocycles. The van der Waals surface area contributed by atoms with Gasteiger partial charge in [0.05, 0.1) is 11.2 Å². The molecule has 6 heteroatoms. The number of rotatable bonds is 6. The molecule has 2 aromatic carbocycles. The SMILES string of the molecule is Cc1cc(NC(=O)COc2cccc(C(C)C)c2)n(-c2cc(C)c3cccc(C)c3n2)n1. The highest BCUT2D eigenvalue weighted by molar-refractivity contribution is 5.91. The Balaban J connectivity index is 1.55. The summed E-state index contributed by atoms with van der Waals surface area (Å²) in [7, 11) is 0. The summed E-state index contributed by atoms with van der Waals surface area (Å²) in [5.41, 5.74) is 5.09. The average molecular weight is 429 g/mol. The Kier molecular flexibility index (Phi) is 5.95. The largest absolute Gasteiger partial charge is 0.484 e. The van der Waals surface area contributed by atoms with Crippen molar-refractivity contribution in [3.8, 4) is 11.6 Å². The second-order valence-electron chi connectivity index (χ2n) is 8.42. The molecular formula is C26H28N4O2. The highest BCUT2D eigenvalue weighted by Crippen LogP contribution is 2.25. The summed E-state index contributed by atoms with van der Waals surface area (Å²) in [5, 5.41) is 8.59. The molecule has 6 nitrogen and oxygen atoms in total. The van der Waals surface area contributed by atoms with Crippen molar-refractivity contribution < 1.29 is 9.53 Å². The Morgan fingerprint density at radius 1 is 1.03 bits per heavy atom. The van der Waals surface area contributed by atoms with Crippen LogP contribution in [0.3, 0.4) is 0 Å². The van der Waals surface area contributed by atoms with Gasteiger partial charge in [-0.3, -0.25) is 4.79 Å². The third-order valence-electron chi connectivity index (χ3n) is 5.45. The van der Waals surface area contributed by atoms with Crippen LogP contribution in [-0.2, 0) is 4.79 Å². The summed E-state index contributed by atoms with van der Waals surface area (Å²) in [4.78, 5) is 17.5. The molecule has 2 heterocycles. The number of ether oxygens (including phenoxy) is 1. The molecule has 2 aromatic heterocycles. The number of nitrogens with zero attached hydrogens (tertiary/aromatic N) is 3. The van der Waals surface area contributed by atoms with Gasteiger partial charge in [0.25, 0.3) is 5.91 Å². The molecule has 0 unspecified atom stereocenters. The van der Waals surface area contributed by atoms with E-state index in [-0.39, 0.29) is 12.5 Å². The van der Waals surface area contributed by atoms with Gasteiger partial charge in [0.1, 0.15) is 11.6 Å². The van der Waals surface area contributed by atoms with E-state index in [0.29, 0.717) is 23.3 Å². The summed E-state index contributed by atoms with van der Waals surface area (Å²) in [5.74, 6) is 2.05. The zero-order valence-electron chi connectivity index (χ0n) is 19.1. The van der Waals surface area contributed by atoms with Crippen LogP contribution in [0.25, 0.3) is 16.7 Å². The Morgan fingerprint density at radius 3 is 2.59 bits per heavy atom. The highest BCUT2D eigenvalue weighted by Gasteiger charge is 2.14. The predicted molar refractivity (Wildman–Crippen MR) is 128 cm³/mol. The molecule has 0 saturated carbocycles. The van der Waals surface area contributed by atoms with Crippen LogP contribution in [0.4, 0.5) is 5.82 Å². The molecule has 4 aromatic rings. The fraction of sp³-hybridized carbons (Fsp3) is 0.269. The number of pyridine rings is 1. The first kappa shape index (κ1) is 21.6. The van der Waals surface area contributed by atoms with Crippen molar-refractivity contribution in [3.05, 3.63) is 77.0 Å². The summed E-state index contributed by atoms with van der Waals surface area (Å²) < 4.78 is 7.39. The fourth-order valence-electron chi connectivity index (χ4n) is 3.71. The molecule has 0 spiro atoms. The van der Waals surface area contributed by atoms with Gasteiger partial charge in [-0.25, -0.2) is 4.98 Å². The Labute approximate surface area is 188 Å². The average Bonchev–Trinajstić information content (AvgIpc) is 3.13. The summed E-state index contributed by atoms with van der Waals surface area (Å²) in [6.07, 6.45) is 0. The van der Waals surface area contributed by atoms with Crippen molar-refractivity contribution in [2.75, 3.05) is 11.9 Å². The molecule has 0 radical (unpaired) electrons. The zero-order chi connectivity index (χ0) is 22.8. The maximum atomic E-state index is 12.6. The van der Waals surface area contributed by atoms with Crippen LogP contribution in [0.2, 0.25) is 0 Å². The third kappa shape index (κ3) is 4.49. The molecule has 0 fully saturated rings. The molecule has 4 rings (SSSR count). The van der Waals surface area contributed by atoms with Crippen LogP contribution >= 0.6 is 0 Å². The first-order chi connectivity index (χ1) is 15.3. The van der Waals surface area contributed by atoms with E-state index < -0.39 is 0 Å². The van der Waals surface area contributed by atoms with E-state index in [9.17, 15) is 4.79 Å². The number of nitrogens with one attached hydrogen (secondary N) is 1. The van der Waals surface area contributed by atoms with Crippen LogP contribution in [0.1, 0.15) is 42.1 Å². The number of fused-ring (bicyclic) bond motifs is 1. The second kappa shape index (κ2) is 8.83. The van der Waals surface area contributed by atoms with E-state index in [1.807, 2.05) is 56.3 Å². The first-order valence-electron chi connectivity index (χ1n) is 10.8. The lowest BCUT2D eigenvalue weighted by atomic mass is 10.0. The van der Waals surface area contributed by atoms with Crippen molar-refractivity contribution in [1.82, 2.24) is 14.8 Å². The van der Waals surface area contributed by atoms with E-state index in [1.165, 1.54) is 5.56 Å². The minimum absolute atomic E-state index is 0.0882. The number of benzene rings is 2. The molecular weight excluding hydrogens is 400 g/mol. The van der Waals surface area contributed by atoms with Crippen LogP contribution < -0.4 is 10.1 Å². The molecule has 1 N–H and O–H groups in total. The maximum Gasteiger partial charge on any atom is 0.263 e.